The first-order valence-corrected chi connectivity index (χ1v) is 8.50. The topological polar surface area (TPSA) is 80.9 Å². The van der Waals surface area contributed by atoms with Crippen LogP contribution in [0.25, 0.3) is 0 Å². The lowest BCUT2D eigenvalue weighted by atomic mass is 10.3. The zero-order chi connectivity index (χ0) is 15.4. The van der Waals surface area contributed by atoms with Crippen LogP contribution in [-0.2, 0) is 4.79 Å². The van der Waals surface area contributed by atoms with Crippen molar-refractivity contribution in [3.63, 3.8) is 0 Å². The Morgan fingerprint density at radius 3 is 2.76 bits per heavy atom. The molecule has 5 nitrogen and oxygen atoms in total. The number of anilines is 2. The minimum absolute atomic E-state index is 0.133. The van der Waals surface area contributed by atoms with Gasteiger partial charge in [0.25, 0.3) is 0 Å². The van der Waals surface area contributed by atoms with Gasteiger partial charge in [-0.3, -0.25) is 4.79 Å². The Labute approximate surface area is 143 Å². The van der Waals surface area contributed by atoms with E-state index >= 15 is 0 Å². The predicted molar refractivity (Wildman–Crippen MR) is 92.4 cm³/mol. The van der Waals surface area contributed by atoms with Gasteiger partial charge in [0, 0.05) is 20.7 Å². The molecule has 1 heterocycles. The number of carbonyl (C=O) groups is 1. The van der Waals surface area contributed by atoms with E-state index in [-0.39, 0.29) is 11.7 Å². The van der Waals surface area contributed by atoms with E-state index in [9.17, 15) is 4.79 Å². The normalized spacial score (nSPS) is 10.4. The van der Waals surface area contributed by atoms with Crippen LogP contribution in [0.3, 0.4) is 0 Å². The van der Waals surface area contributed by atoms with Gasteiger partial charge in [0.1, 0.15) is 5.82 Å². The third-order valence-corrected chi connectivity index (χ3v) is 4.39. The number of halogens is 2. The van der Waals surface area contributed by atoms with Crippen LogP contribution in [0, 0.1) is 6.92 Å². The number of hydrogen-bond donors (Lipinski definition) is 2. The summed E-state index contributed by atoms with van der Waals surface area (Å²) in [6.07, 6.45) is 0. The van der Waals surface area contributed by atoms with Crippen LogP contribution in [0.2, 0.25) is 0 Å². The lowest BCUT2D eigenvalue weighted by Gasteiger charge is -2.07. The fourth-order valence-electron chi connectivity index (χ4n) is 1.54. The van der Waals surface area contributed by atoms with Crippen LogP contribution >= 0.6 is 43.6 Å². The number of rotatable bonds is 4. The fraction of sp³-hybridized carbons (Fsp3) is 0.154. The maximum atomic E-state index is 11.9. The average molecular weight is 432 g/mol. The summed E-state index contributed by atoms with van der Waals surface area (Å²) in [6.45, 7) is 1.83. The number of benzene rings is 1. The first-order valence-electron chi connectivity index (χ1n) is 5.93. The summed E-state index contributed by atoms with van der Waals surface area (Å²) in [5.41, 5.74) is 7.14. The van der Waals surface area contributed by atoms with Gasteiger partial charge in [-0.15, -0.1) is 0 Å². The fourth-order valence-corrected chi connectivity index (χ4v) is 3.39. The Morgan fingerprint density at radius 2 is 2.10 bits per heavy atom. The molecule has 0 aliphatic rings. The van der Waals surface area contributed by atoms with E-state index < -0.39 is 0 Å². The predicted octanol–water partition coefficient (Wildman–Crippen LogP) is 3.62. The summed E-state index contributed by atoms with van der Waals surface area (Å²) in [7, 11) is 0. The summed E-state index contributed by atoms with van der Waals surface area (Å²) in [4.78, 5) is 20.2. The highest BCUT2D eigenvalue weighted by Gasteiger charge is 2.08. The molecule has 3 N–H and O–H groups in total. The summed E-state index contributed by atoms with van der Waals surface area (Å²) in [5.74, 6) is 0.485. The molecule has 0 saturated heterocycles. The number of amides is 1. The molecule has 2 rings (SSSR count). The third-order valence-electron chi connectivity index (χ3n) is 2.39. The number of hydrogen-bond acceptors (Lipinski definition) is 5. The molecule has 0 aliphatic carbocycles. The number of nitrogens with zero attached hydrogens (tertiary/aromatic N) is 2. The van der Waals surface area contributed by atoms with Crippen LogP contribution in [0.4, 0.5) is 11.5 Å². The molecule has 0 aliphatic heterocycles. The Hall–Kier alpha value is -1.12. The largest absolute Gasteiger partial charge is 0.384 e. The first kappa shape index (κ1) is 16.3. The van der Waals surface area contributed by atoms with Crippen molar-refractivity contribution in [1.29, 1.82) is 0 Å². The van der Waals surface area contributed by atoms with Crippen LogP contribution in [0.5, 0.6) is 0 Å². The van der Waals surface area contributed by atoms with Gasteiger partial charge in [0.15, 0.2) is 5.16 Å². The van der Waals surface area contributed by atoms with Crippen molar-refractivity contribution in [3.8, 4) is 0 Å². The minimum Gasteiger partial charge on any atom is -0.384 e. The van der Waals surface area contributed by atoms with Gasteiger partial charge in [-0.05, 0) is 41.1 Å². The van der Waals surface area contributed by atoms with Crippen molar-refractivity contribution < 1.29 is 4.79 Å². The second-order valence-corrected chi connectivity index (χ2v) is 6.89. The van der Waals surface area contributed by atoms with E-state index in [0.29, 0.717) is 16.7 Å². The number of nitrogens with two attached hydrogens (primary N) is 1. The summed E-state index contributed by atoms with van der Waals surface area (Å²) in [5, 5.41) is 3.32. The SMILES string of the molecule is Cc1cc(N)nc(SCC(=O)Nc2ccc(Br)cc2Br)n1. The quantitative estimate of drug-likeness (QED) is 0.570. The molecule has 0 spiro atoms. The molecular weight excluding hydrogens is 420 g/mol. The highest BCUT2D eigenvalue weighted by Crippen LogP contribution is 2.26. The number of thioether (sulfide) groups is 1. The van der Waals surface area contributed by atoms with E-state index in [1.54, 1.807) is 6.07 Å². The maximum absolute atomic E-state index is 11.9. The van der Waals surface area contributed by atoms with E-state index in [1.807, 2.05) is 25.1 Å². The van der Waals surface area contributed by atoms with Crippen molar-refractivity contribution in [1.82, 2.24) is 9.97 Å². The van der Waals surface area contributed by atoms with Crippen molar-refractivity contribution in [2.24, 2.45) is 0 Å². The number of aromatic nitrogens is 2. The molecule has 1 aromatic carbocycles. The first-order chi connectivity index (χ1) is 9.94. The third kappa shape index (κ3) is 4.98. The minimum atomic E-state index is -0.133. The van der Waals surface area contributed by atoms with E-state index in [0.717, 1.165) is 14.6 Å². The van der Waals surface area contributed by atoms with Gasteiger partial charge in [-0.1, -0.05) is 27.7 Å². The van der Waals surface area contributed by atoms with Crippen LogP contribution in [-0.4, -0.2) is 21.6 Å². The molecule has 1 aromatic heterocycles. The van der Waals surface area contributed by atoms with Crippen molar-refractivity contribution in [2.75, 3.05) is 16.8 Å². The maximum Gasteiger partial charge on any atom is 0.234 e. The van der Waals surface area contributed by atoms with Crippen molar-refractivity contribution in [3.05, 3.63) is 38.9 Å². The Balaban J connectivity index is 1.95. The molecule has 2 aromatic rings. The molecule has 21 heavy (non-hydrogen) atoms. The van der Waals surface area contributed by atoms with Crippen molar-refractivity contribution >= 4 is 61.0 Å². The zero-order valence-electron chi connectivity index (χ0n) is 11.1. The number of nitrogens with one attached hydrogen (secondary N) is 1. The monoisotopic (exact) mass is 430 g/mol. The molecule has 0 radical (unpaired) electrons. The molecule has 0 fully saturated rings. The summed E-state index contributed by atoms with van der Waals surface area (Å²) < 4.78 is 1.75. The Bertz CT molecular complexity index is 661. The van der Waals surface area contributed by atoms with Crippen LogP contribution in [0.1, 0.15) is 5.69 Å². The number of aryl methyl sites for hydroxylation is 1. The molecule has 1 amide bonds. The van der Waals surface area contributed by atoms with Gasteiger partial charge >= 0.3 is 0 Å². The molecule has 0 atom stereocenters. The van der Waals surface area contributed by atoms with Crippen molar-refractivity contribution in [2.45, 2.75) is 12.1 Å². The second-order valence-electron chi connectivity index (χ2n) is 4.18. The van der Waals surface area contributed by atoms with Gasteiger partial charge in [0.05, 0.1) is 11.4 Å². The molecule has 0 bridgehead atoms. The van der Waals surface area contributed by atoms with Gasteiger partial charge < -0.3 is 11.1 Å². The molecular formula is C13H12Br2N4OS. The standard InChI is InChI=1S/C13H12Br2N4OS/c1-7-4-11(16)19-13(17-7)21-6-12(20)18-10-3-2-8(14)5-9(10)15/h2-5H,6H2,1H3,(H,18,20)(H2,16,17,19). The number of carbonyl (C=O) groups excluding carboxylic acids is 1. The number of nitrogen functional groups attached to an aromatic ring is 1. The smallest absolute Gasteiger partial charge is 0.234 e. The molecule has 8 heteroatoms. The van der Waals surface area contributed by atoms with E-state index in [2.05, 4.69) is 47.1 Å². The Kier molecular flexibility index (Phi) is 5.60. The molecule has 0 unspecified atom stereocenters. The van der Waals surface area contributed by atoms with Crippen LogP contribution in [0.15, 0.2) is 38.4 Å². The zero-order valence-corrected chi connectivity index (χ0v) is 15.0. The molecule has 0 saturated carbocycles. The summed E-state index contributed by atoms with van der Waals surface area (Å²) in [6, 6.07) is 7.23. The average Bonchev–Trinajstić information content (AvgIpc) is 2.39. The van der Waals surface area contributed by atoms with E-state index in [4.69, 9.17) is 5.73 Å². The van der Waals surface area contributed by atoms with Gasteiger partial charge in [0.2, 0.25) is 5.91 Å². The lowest BCUT2D eigenvalue weighted by molar-refractivity contribution is -0.113. The Morgan fingerprint density at radius 1 is 1.33 bits per heavy atom. The highest BCUT2D eigenvalue weighted by atomic mass is 79.9. The van der Waals surface area contributed by atoms with Gasteiger partial charge in [-0.2, -0.15) is 0 Å². The van der Waals surface area contributed by atoms with Crippen LogP contribution < -0.4 is 11.1 Å². The second kappa shape index (κ2) is 7.24. The highest BCUT2D eigenvalue weighted by molar-refractivity contribution is 9.11. The lowest BCUT2D eigenvalue weighted by Crippen LogP contribution is -2.14. The molecule has 110 valence electrons. The summed E-state index contributed by atoms with van der Waals surface area (Å²) >= 11 is 8.01. The van der Waals surface area contributed by atoms with Gasteiger partial charge in [-0.25, -0.2) is 9.97 Å². The van der Waals surface area contributed by atoms with E-state index in [1.165, 1.54) is 11.8 Å².